The van der Waals surface area contributed by atoms with Gasteiger partial charge in [0.1, 0.15) is 16.3 Å². The minimum Gasteiger partial charge on any atom is -0.496 e. The van der Waals surface area contributed by atoms with Gasteiger partial charge in [-0.2, -0.15) is 4.21 Å². The van der Waals surface area contributed by atoms with E-state index in [0.29, 0.717) is 11.4 Å². The van der Waals surface area contributed by atoms with Gasteiger partial charge in [-0.3, -0.25) is 0 Å². The molecule has 0 spiro atoms. The van der Waals surface area contributed by atoms with Crippen LogP contribution < -0.4 is 4.74 Å². The molecule has 0 N–H and O–H groups in total. The largest absolute Gasteiger partial charge is 0.496 e. The Hall–Kier alpha value is -2.86. The highest BCUT2D eigenvalue weighted by Crippen LogP contribution is 2.47. The molecule has 1 aliphatic heterocycles. The number of ether oxygens (including phenoxy) is 1. The highest BCUT2D eigenvalue weighted by atomic mass is 32.2. The Balaban J connectivity index is 1.87. The van der Waals surface area contributed by atoms with Crippen LogP contribution in [0, 0.1) is 5.41 Å². The van der Waals surface area contributed by atoms with Gasteiger partial charge >= 0.3 is 5.91 Å². The highest BCUT2D eigenvalue weighted by Gasteiger charge is 2.55. The molecule has 2 aromatic carbocycles. The summed E-state index contributed by atoms with van der Waals surface area (Å²) in [6.07, 6.45) is 3.42. The van der Waals surface area contributed by atoms with Crippen molar-refractivity contribution in [3.63, 3.8) is 0 Å². The van der Waals surface area contributed by atoms with Crippen LogP contribution in [0.5, 0.6) is 5.75 Å². The molecule has 0 saturated heterocycles. The predicted octanol–water partition coefficient (Wildman–Crippen LogP) is 4.44. The Morgan fingerprint density at radius 2 is 1.97 bits per heavy atom. The normalized spacial score (nSPS) is 21.8. The van der Waals surface area contributed by atoms with Crippen molar-refractivity contribution < 1.29 is 17.7 Å². The van der Waals surface area contributed by atoms with Gasteiger partial charge in [-0.15, -0.1) is 0 Å². The number of nitrogens with zero attached hydrogens (tertiary/aromatic N) is 2. The highest BCUT2D eigenvalue weighted by molar-refractivity contribution is 7.90. The number of benzene rings is 2. The fourth-order valence-electron chi connectivity index (χ4n) is 4.07. The van der Waals surface area contributed by atoms with E-state index in [1.165, 1.54) is 0 Å². The predicted molar refractivity (Wildman–Crippen MR) is 113 cm³/mol. The molecule has 1 atom stereocenters. The summed E-state index contributed by atoms with van der Waals surface area (Å²) in [6.45, 7) is 6.18. The zero-order valence-corrected chi connectivity index (χ0v) is 17.4. The average Bonchev–Trinajstić information content (AvgIpc) is 3.29. The summed E-state index contributed by atoms with van der Waals surface area (Å²) in [5, 5.41) is 0.941. The third-order valence-electron chi connectivity index (χ3n) is 6.05. The quantitative estimate of drug-likeness (QED) is 0.601. The minimum atomic E-state index is -2.98. The van der Waals surface area contributed by atoms with Crippen LogP contribution in [0.15, 0.2) is 60.0 Å². The fourth-order valence-corrected chi connectivity index (χ4v) is 6.85. The molecule has 5 nitrogen and oxygen atoms in total. The number of fused-ring (bicyclic) bond motifs is 3. The Kier molecular flexibility index (Phi) is 3.80. The number of carbonyl (C=O) groups is 1. The van der Waals surface area contributed by atoms with Crippen molar-refractivity contribution >= 4 is 32.8 Å². The zero-order valence-electron chi connectivity index (χ0n) is 16.6. The van der Waals surface area contributed by atoms with Crippen LogP contribution in [0.1, 0.15) is 31.0 Å². The summed E-state index contributed by atoms with van der Waals surface area (Å²) in [4.78, 5) is 14.0. The first-order chi connectivity index (χ1) is 13.9. The maximum Gasteiger partial charge on any atom is 0.403 e. The topological polar surface area (TPSA) is 51.3 Å². The number of hydrogen-bond donors (Lipinski definition) is 0. The van der Waals surface area contributed by atoms with Gasteiger partial charge in [0.25, 0.3) is 9.92 Å². The van der Waals surface area contributed by atoms with Gasteiger partial charge in [-0.1, -0.05) is 34.8 Å². The Morgan fingerprint density at radius 3 is 2.59 bits per heavy atom. The summed E-state index contributed by atoms with van der Waals surface area (Å²) < 4.78 is 23.6. The van der Waals surface area contributed by atoms with Crippen LogP contribution >= 0.6 is 0 Å². The van der Waals surface area contributed by atoms with Crippen LogP contribution in [-0.4, -0.2) is 25.1 Å². The summed E-state index contributed by atoms with van der Waals surface area (Å²) >= 11 is 0. The molecule has 5 rings (SSSR count). The summed E-state index contributed by atoms with van der Waals surface area (Å²) in [7, 11) is -1.35. The molecular formula is C23H23N2O3S+. The van der Waals surface area contributed by atoms with E-state index in [2.05, 4.69) is 6.58 Å². The van der Waals surface area contributed by atoms with Gasteiger partial charge in [-0.05, 0) is 50.1 Å². The molecule has 1 unspecified atom stereocenters. The van der Waals surface area contributed by atoms with Crippen LogP contribution in [0.3, 0.4) is 0 Å². The molecule has 1 aliphatic carbocycles. The van der Waals surface area contributed by atoms with Crippen LogP contribution in [0.2, 0.25) is 0 Å². The number of aromatic nitrogens is 1. The SMILES string of the molecule is C=Cc1cc2c(cc1OC)cc1n2S(=O)(c2ccccc2)=[N+](C(=O)C2(C)CC2)C1. The molecule has 0 radical (unpaired) electrons. The van der Waals surface area contributed by atoms with Crippen molar-refractivity contribution in [2.24, 2.45) is 5.41 Å². The van der Waals surface area contributed by atoms with E-state index in [0.717, 1.165) is 40.8 Å². The van der Waals surface area contributed by atoms with Crippen molar-refractivity contribution in [2.45, 2.75) is 31.2 Å². The van der Waals surface area contributed by atoms with E-state index in [4.69, 9.17) is 4.74 Å². The first-order valence-electron chi connectivity index (χ1n) is 9.69. The number of amides is 1. The standard InChI is InChI=1S/C23H23N2O3S/c1-4-16-13-20-17(14-21(16)28-3)12-18-15-24(22(26)23(2)10-11-23)29(27,25(18)20)19-8-6-5-7-9-19/h4-9,12-14H,1,10-11,15H2,2-3H3/q+1. The molecule has 2 heterocycles. The molecule has 2 aliphatic rings. The van der Waals surface area contributed by atoms with E-state index in [9.17, 15) is 9.00 Å². The van der Waals surface area contributed by atoms with Crippen LogP contribution in [0.4, 0.5) is 0 Å². The first kappa shape index (κ1) is 18.2. The minimum absolute atomic E-state index is 0.0272. The Morgan fingerprint density at radius 1 is 1.24 bits per heavy atom. The van der Waals surface area contributed by atoms with Crippen molar-refractivity contribution in [2.75, 3.05) is 7.11 Å². The Bertz CT molecular complexity index is 1310. The van der Waals surface area contributed by atoms with Crippen molar-refractivity contribution in [3.8, 4) is 5.75 Å². The van der Waals surface area contributed by atoms with E-state index in [-0.39, 0.29) is 5.91 Å². The van der Waals surface area contributed by atoms with Gasteiger partial charge < -0.3 is 4.74 Å². The lowest BCUT2D eigenvalue weighted by Crippen LogP contribution is -2.30. The second kappa shape index (κ2) is 6.07. The van der Waals surface area contributed by atoms with E-state index in [1.54, 1.807) is 17.1 Å². The smallest absolute Gasteiger partial charge is 0.403 e. The average molecular weight is 408 g/mol. The second-order valence-electron chi connectivity index (χ2n) is 8.00. The number of carbonyl (C=O) groups excluding carboxylic acids is 1. The lowest BCUT2D eigenvalue weighted by molar-refractivity contribution is -0.445. The van der Waals surface area contributed by atoms with E-state index >= 15 is 0 Å². The maximum absolute atomic E-state index is 14.7. The van der Waals surface area contributed by atoms with Crippen LogP contribution in [-0.2, 0) is 21.3 Å². The van der Waals surface area contributed by atoms with Gasteiger partial charge in [-0.25, -0.2) is 8.77 Å². The third-order valence-corrected chi connectivity index (χ3v) is 8.75. The molecular weight excluding hydrogens is 384 g/mol. The van der Waals surface area contributed by atoms with Crippen molar-refractivity contribution in [1.29, 1.82) is 0 Å². The summed E-state index contributed by atoms with van der Waals surface area (Å²) in [6, 6.07) is 15.2. The summed E-state index contributed by atoms with van der Waals surface area (Å²) in [5.41, 5.74) is 2.12. The molecule has 0 bridgehead atoms. The fraction of sp³-hybridized carbons (Fsp3) is 0.261. The monoisotopic (exact) mass is 407 g/mol. The van der Waals surface area contributed by atoms with Crippen LogP contribution in [0.25, 0.3) is 17.0 Å². The van der Waals surface area contributed by atoms with E-state index < -0.39 is 15.3 Å². The third kappa shape index (κ3) is 2.45. The molecule has 6 heteroatoms. The molecule has 1 amide bonds. The van der Waals surface area contributed by atoms with Crippen molar-refractivity contribution in [3.05, 3.63) is 66.4 Å². The molecule has 29 heavy (non-hydrogen) atoms. The molecule has 1 aromatic heterocycles. The second-order valence-corrected chi connectivity index (χ2v) is 10.3. The van der Waals surface area contributed by atoms with Crippen molar-refractivity contribution in [1.82, 2.24) is 3.97 Å². The lowest BCUT2D eigenvalue weighted by atomic mass is 10.1. The maximum atomic E-state index is 14.7. The molecule has 1 saturated carbocycles. The van der Waals surface area contributed by atoms with Gasteiger partial charge in [0.15, 0.2) is 0 Å². The first-order valence-corrected chi connectivity index (χ1v) is 11.2. The van der Waals surface area contributed by atoms with Gasteiger partial charge in [0.05, 0.1) is 18.0 Å². The summed E-state index contributed by atoms with van der Waals surface area (Å²) in [5.74, 6) is 0.696. The number of rotatable bonds is 4. The number of hydrogen-bond acceptors (Lipinski definition) is 3. The van der Waals surface area contributed by atoms with E-state index in [1.807, 2.05) is 59.4 Å². The zero-order chi connectivity index (χ0) is 20.4. The van der Waals surface area contributed by atoms with Gasteiger partial charge in [0.2, 0.25) is 6.54 Å². The lowest BCUT2D eigenvalue weighted by Gasteiger charge is -2.11. The molecule has 148 valence electrons. The molecule has 1 fully saturated rings. The number of methoxy groups -OCH3 is 1. The Labute approximate surface area is 170 Å². The van der Waals surface area contributed by atoms with Gasteiger partial charge in [0, 0.05) is 10.9 Å². The molecule has 3 aromatic rings.